The molecule has 0 amide bonds. The van der Waals surface area contributed by atoms with Gasteiger partial charge in [-0.3, -0.25) is 0 Å². The first-order chi connectivity index (χ1) is 13.4. The molecule has 3 rings (SSSR count). The summed E-state index contributed by atoms with van der Waals surface area (Å²) in [5.74, 6) is 0. The van der Waals surface area contributed by atoms with Crippen LogP contribution in [0.15, 0.2) is 94.7 Å². The number of benzene rings is 3. The molecule has 0 N–H and O–H groups in total. The van der Waals surface area contributed by atoms with Crippen LogP contribution in [-0.4, -0.2) is 20.5 Å². The van der Waals surface area contributed by atoms with Crippen molar-refractivity contribution in [2.45, 2.75) is 16.3 Å². The molecule has 0 aromatic heterocycles. The van der Waals surface area contributed by atoms with Crippen LogP contribution in [0.4, 0.5) is 0 Å². The lowest BCUT2D eigenvalue weighted by Crippen LogP contribution is -2.36. The third-order valence-electron chi connectivity index (χ3n) is 4.01. The molecule has 0 aliphatic carbocycles. The quantitative estimate of drug-likeness (QED) is 0.620. The minimum atomic E-state index is -4.34. The first-order valence-electron chi connectivity index (χ1n) is 8.23. The lowest BCUT2D eigenvalue weighted by atomic mass is 10.1. The highest BCUT2D eigenvalue weighted by Crippen LogP contribution is 2.26. The largest absolute Gasteiger partial charge is 0.256 e. The summed E-state index contributed by atoms with van der Waals surface area (Å²) in [6, 6.07) is 22.9. The van der Waals surface area contributed by atoms with Gasteiger partial charge in [0.25, 0.3) is 20.0 Å². The fraction of sp³-hybridized carbons (Fsp3) is 0.0500. The van der Waals surface area contributed by atoms with Crippen molar-refractivity contribution >= 4 is 20.0 Å². The Hall–Kier alpha value is -2.99. The van der Waals surface area contributed by atoms with E-state index in [4.69, 9.17) is 5.26 Å². The van der Waals surface area contributed by atoms with E-state index in [9.17, 15) is 16.8 Å². The minimum Gasteiger partial charge on any atom is -0.206 e. The van der Waals surface area contributed by atoms with Gasteiger partial charge < -0.3 is 0 Å². The molecule has 0 saturated carbocycles. The molecule has 0 saturated heterocycles. The molecule has 0 spiro atoms. The zero-order valence-electron chi connectivity index (χ0n) is 14.6. The second-order valence-corrected chi connectivity index (χ2v) is 9.83. The van der Waals surface area contributed by atoms with Crippen molar-refractivity contribution in [2.75, 3.05) is 0 Å². The van der Waals surface area contributed by atoms with Crippen molar-refractivity contribution in [3.63, 3.8) is 0 Å². The van der Waals surface area contributed by atoms with E-state index >= 15 is 0 Å². The summed E-state index contributed by atoms with van der Waals surface area (Å²) >= 11 is 0. The predicted molar refractivity (Wildman–Crippen MR) is 104 cm³/mol. The maximum absolute atomic E-state index is 13.2. The Morgan fingerprint density at radius 1 is 0.679 bits per heavy atom. The second-order valence-electron chi connectivity index (χ2n) is 5.88. The minimum absolute atomic E-state index is 0.122. The standard InChI is InChI=1S/C20H16N2O4S2/c21-15-17-11-13-18(14-12-17)16-22(27(23,24)19-7-3-1-4-8-19)28(25,26)20-9-5-2-6-10-20/h1-14H,16H2. The molecule has 8 heteroatoms. The Bertz CT molecular complexity index is 1130. The topological polar surface area (TPSA) is 95.3 Å². The number of nitriles is 1. The highest BCUT2D eigenvalue weighted by atomic mass is 32.3. The number of nitrogens with zero attached hydrogens (tertiary/aromatic N) is 2. The molecular weight excluding hydrogens is 396 g/mol. The van der Waals surface area contributed by atoms with Crippen molar-refractivity contribution in [1.29, 1.82) is 5.26 Å². The molecule has 0 fully saturated rings. The van der Waals surface area contributed by atoms with Crippen LogP contribution in [0, 0.1) is 11.3 Å². The Kier molecular flexibility index (Phi) is 5.61. The predicted octanol–water partition coefficient (Wildman–Crippen LogP) is 3.14. The average Bonchev–Trinajstić information content (AvgIpc) is 2.73. The molecule has 3 aromatic carbocycles. The van der Waals surface area contributed by atoms with Gasteiger partial charge in [-0.1, -0.05) is 52.2 Å². The van der Waals surface area contributed by atoms with Crippen LogP contribution in [0.5, 0.6) is 0 Å². The third kappa shape index (κ3) is 3.97. The van der Waals surface area contributed by atoms with Crippen molar-refractivity contribution in [2.24, 2.45) is 0 Å². The van der Waals surface area contributed by atoms with Gasteiger partial charge >= 0.3 is 0 Å². The first-order valence-corrected chi connectivity index (χ1v) is 11.1. The molecule has 0 aliphatic heterocycles. The summed E-state index contributed by atoms with van der Waals surface area (Å²) in [6.45, 7) is -0.389. The summed E-state index contributed by atoms with van der Waals surface area (Å²) < 4.78 is 53.2. The van der Waals surface area contributed by atoms with E-state index in [1.165, 1.54) is 72.8 Å². The third-order valence-corrected chi connectivity index (χ3v) is 8.26. The SMILES string of the molecule is N#Cc1ccc(CN(S(=O)(=O)c2ccccc2)S(=O)(=O)c2ccccc2)cc1. The average molecular weight is 412 g/mol. The van der Waals surface area contributed by atoms with Gasteiger partial charge in [0, 0.05) is 0 Å². The number of hydrogen-bond acceptors (Lipinski definition) is 5. The molecular formula is C20H16N2O4S2. The molecule has 0 radical (unpaired) electrons. The lowest BCUT2D eigenvalue weighted by Gasteiger charge is -2.22. The first kappa shape index (κ1) is 19.8. The van der Waals surface area contributed by atoms with Gasteiger partial charge in [-0.05, 0) is 42.0 Å². The number of rotatable bonds is 6. The van der Waals surface area contributed by atoms with Crippen LogP contribution in [0.3, 0.4) is 0 Å². The Labute approximate surface area is 164 Å². The van der Waals surface area contributed by atoms with Gasteiger partial charge in [0.15, 0.2) is 0 Å². The summed E-state index contributed by atoms with van der Waals surface area (Å²) in [6.07, 6.45) is 0. The Morgan fingerprint density at radius 3 is 1.50 bits per heavy atom. The van der Waals surface area contributed by atoms with E-state index in [0.717, 1.165) is 0 Å². The Morgan fingerprint density at radius 2 is 1.11 bits per heavy atom. The van der Waals surface area contributed by atoms with Gasteiger partial charge in [0.2, 0.25) is 0 Å². The number of hydrogen-bond donors (Lipinski definition) is 0. The van der Waals surface area contributed by atoms with Crippen LogP contribution < -0.4 is 0 Å². The molecule has 6 nitrogen and oxygen atoms in total. The van der Waals surface area contributed by atoms with Gasteiger partial charge in [-0.15, -0.1) is 0 Å². The molecule has 0 unspecified atom stereocenters. The molecule has 0 atom stereocenters. The summed E-state index contributed by atoms with van der Waals surface area (Å²) in [5, 5.41) is 8.91. The smallest absolute Gasteiger partial charge is 0.206 e. The van der Waals surface area contributed by atoms with Crippen LogP contribution >= 0.6 is 0 Å². The summed E-state index contributed by atoms with van der Waals surface area (Å²) in [5.41, 5.74) is 0.838. The summed E-state index contributed by atoms with van der Waals surface area (Å²) in [7, 11) is -8.68. The van der Waals surface area contributed by atoms with E-state index in [-0.39, 0.29) is 16.3 Å². The van der Waals surface area contributed by atoms with Crippen LogP contribution in [0.2, 0.25) is 0 Å². The maximum Gasteiger partial charge on any atom is 0.256 e. The van der Waals surface area contributed by atoms with Gasteiger partial charge in [0.05, 0.1) is 28.0 Å². The van der Waals surface area contributed by atoms with E-state index in [0.29, 0.717) is 14.8 Å². The van der Waals surface area contributed by atoms with Crippen molar-refractivity contribution < 1.29 is 16.8 Å². The van der Waals surface area contributed by atoms with Crippen molar-refractivity contribution in [3.05, 3.63) is 96.1 Å². The lowest BCUT2D eigenvalue weighted by molar-refractivity contribution is 0.494. The molecule has 142 valence electrons. The highest BCUT2D eigenvalue weighted by molar-refractivity contribution is 8.04. The van der Waals surface area contributed by atoms with Gasteiger partial charge in [0.1, 0.15) is 0 Å². The van der Waals surface area contributed by atoms with Crippen molar-refractivity contribution in [1.82, 2.24) is 3.71 Å². The second kappa shape index (κ2) is 7.94. The highest BCUT2D eigenvalue weighted by Gasteiger charge is 2.36. The molecule has 0 aliphatic rings. The van der Waals surface area contributed by atoms with E-state index in [1.54, 1.807) is 12.1 Å². The monoisotopic (exact) mass is 412 g/mol. The van der Waals surface area contributed by atoms with Gasteiger partial charge in [-0.25, -0.2) is 16.8 Å². The van der Waals surface area contributed by atoms with E-state index in [1.807, 2.05) is 6.07 Å². The van der Waals surface area contributed by atoms with Crippen LogP contribution in [0.1, 0.15) is 11.1 Å². The molecule has 0 bridgehead atoms. The van der Waals surface area contributed by atoms with Crippen molar-refractivity contribution in [3.8, 4) is 6.07 Å². The number of sulfonamides is 2. The van der Waals surface area contributed by atoms with Crippen LogP contribution in [-0.2, 0) is 26.6 Å². The van der Waals surface area contributed by atoms with E-state index in [2.05, 4.69) is 0 Å². The zero-order chi connectivity index (χ0) is 20.2. The fourth-order valence-corrected chi connectivity index (χ4v) is 6.21. The zero-order valence-corrected chi connectivity index (χ0v) is 16.3. The summed E-state index contributed by atoms with van der Waals surface area (Å²) in [4.78, 5) is -0.244. The van der Waals surface area contributed by atoms with Crippen LogP contribution in [0.25, 0.3) is 0 Å². The molecule has 3 aromatic rings. The normalized spacial score (nSPS) is 11.9. The van der Waals surface area contributed by atoms with E-state index < -0.39 is 20.0 Å². The van der Waals surface area contributed by atoms with Gasteiger partial charge in [-0.2, -0.15) is 5.26 Å². The fourth-order valence-electron chi connectivity index (χ4n) is 2.55. The molecule has 0 heterocycles. The molecule has 28 heavy (non-hydrogen) atoms. The maximum atomic E-state index is 13.2. The Balaban J connectivity index is 2.12.